The van der Waals surface area contributed by atoms with Gasteiger partial charge in [-0.1, -0.05) is 30.3 Å². The maximum atomic E-state index is 12.3. The zero-order valence-electron chi connectivity index (χ0n) is 15.0. The molecule has 0 saturated carbocycles. The first-order valence-corrected chi connectivity index (χ1v) is 9.79. The minimum atomic E-state index is -4.34. The molecule has 2 N–H and O–H groups in total. The molecule has 29 heavy (non-hydrogen) atoms. The van der Waals surface area contributed by atoms with Crippen molar-refractivity contribution in [3.05, 3.63) is 57.7 Å². The van der Waals surface area contributed by atoms with Crippen molar-refractivity contribution in [3.63, 3.8) is 0 Å². The molecule has 2 heterocycles. The summed E-state index contributed by atoms with van der Waals surface area (Å²) in [5, 5.41) is 11.6. The van der Waals surface area contributed by atoms with Crippen molar-refractivity contribution in [2.24, 2.45) is 0 Å². The van der Waals surface area contributed by atoms with Gasteiger partial charge in [-0.3, -0.25) is 14.5 Å². The topological polar surface area (TPSA) is 71.9 Å². The van der Waals surface area contributed by atoms with Crippen LogP contribution >= 0.6 is 23.6 Å². The number of amides is 1. The number of nitrogens with one attached hydrogen (secondary N) is 2. The number of H-pyrrole nitrogens is 1. The number of nitrogens with zero attached hydrogens (tertiary/aromatic N) is 2. The summed E-state index contributed by atoms with van der Waals surface area (Å²) in [5.74, 6) is 0.362. The monoisotopic (exact) mass is 442 g/mol. The molecule has 154 valence electrons. The molecule has 2 aromatic heterocycles. The molecule has 0 radical (unpaired) electrons. The Morgan fingerprint density at radius 1 is 1.24 bits per heavy atom. The molecular formula is C18H17F3N4O2S2. The SMILES string of the molecule is O=C(Cn1c(-c2cccs2)n[nH]c1=S)NCc1ccc(COCC(F)(F)F)cc1. The average molecular weight is 442 g/mol. The third-order valence-electron chi connectivity index (χ3n) is 3.85. The van der Waals surface area contributed by atoms with Gasteiger partial charge in [0.15, 0.2) is 10.6 Å². The number of aromatic amines is 1. The second kappa shape index (κ2) is 9.33. The van der Waals surface area contributed by atoms with E-state index in [0.29, 0.717) is 16.2 Å². The van der Waals surface area contributed by atoms with Crippen LogP contribution in [-0.2, 0) is 29.2 Å². The highest BCUT2D eigenvalue weighted by molar-refractivity contribution is 7.71. The van der Waals surface area contributed by atoms with Crippen molar-refractivity contribution in [1.82, 2.24) is 20.1 Å². The number of benzene rings is 1. The summed E-state index contributed by atoms with van der Waals surface area (Å²) in [6, 6.07) is 10.6. The van der Waals surface area contributed by atoms with Crippen LogP contribution in [0.1, 0.15) is 11.1 Å². The lowest BCUT2D eigenvalue weighted by molar-refractivity contribution is -0.176. The number of carbonyl (C=O) groups is 1. The largest absolute Gasteiger partial charge is 0.411 e. The van der Waals surface area contributed by atoms with Crippen LogP contribution in [-0.4, -0.2) is 33.5 Å². The van der Waals surface area contributed by atoms with Gasteiger partial charge in [0, 0.05) is 6.54 Å². The van der Waals surface area contributed by atoms with Crippen molar-refractivity contribution in [2.45, 2.75) is 25.9 Å². The van der Waals surface area contributed by atoms with E-state index in [1.807, 2.05) is 17.5 Å². The molecule has 3 rings (SSSR count). The third-order valence-corrected chi connectivity index (χ3v) is 5.03. The highest BCUT2D eigenvalue weighted by Gasteiger charge is 2.27. The molecule has 1 aromatic carbocycles. The zero-order chi connectivity index (χ0) is 20.9. The maximum absolute atomic E-state index is 12.3. The summed E-state index contributed by atoms with van der Waals surface area (Å²) in [5.41, 5.74) is 1.43. The lowest BCUT2D eigenvalue weighted by Crippen LogP contribution is -2.27. The van der Waals surface area contributed by atoms with E-state index in [1.54, 1.807) is 28.8 Å². The van der Waals surface area contributed by atoms with Gasteiger partial charge >= 0.3 is 6.18 Å². The highest BCUT2D eigenvalue weighted by atomic mass is 32.1. The highest BCUT2D eigenvalue weighted by Crippen LogP contribution is 2.22. The van der Waals surface area contributed by atoms with E-state index in [-0.39, 0.29) is 25.6 Å². The van der Waals surface area contributed by atoms with E-state index in [1.165, 1.54) is 11.3 Å². The smallest absolute Gasteiger partial charge is 0.367 e. The molecule has 0 bridgehead atoms. The van der Waals surface area contributed by atoms with Gasteiger partial charge in [-0.15, -0.1) is 11.3 Å². The van der Waals surface area contributed by atoms with Crippen LogP contribution in [0.2, 0.25) is 0 Å². The van der Waals surface area contributed by atoms with E-state index >= 15 is 0 Å². The van der Waals surface area contributed by atoms with Gasteiger partial charge in [-0.25, -0.2) is 0 Å². The molecule has 0 aliphatic carbocycles. The Kier molecular flexibility index (Phi) is 6.83. The molecule has 0 fully saturated rings. The van der Waals surface area contributed by atoms with Crippen LogP contribution in [0.5, 0.6) is 0 Å². The molecule has 0 saturated heterocycles. The fraction of sp³-hybridized carbons (Fsp3) is 0.278. The van der Waals surface area contributed by atoms with Gasteiger partial charge in [0.25, 0.3) is 0 Å². The predicted octanol–water partition coefficient (Wildman–Crippen LogP) is 4.06. The Morgan fingerprint density at radius 2 is 1.97 bits per heavy atom. The van der Waals surface area contributed by atoms with Crippen molar-refractivity contribution >= 4 is 29.5 Å². The molecule has 11 heteroatoms. The number of thiophene rings is 1. The van der Waals surface area contributed by atoms with Crippen molar-refractivity contribution < 1.29 is 22.7 Å². The Morgan fingerprint density at radius 3 is 2.62 bits per heavy atom. The Labute approximate surface area is 173 Å². The van der Waals surface area contributed by atoms with Crippen molar-refractivity contribution in [3.8, 4) is 10.7 Å². The maximum Gasteiger partial charge on any atom is 0.411 e. The number of hydrogen-bond acceptors (Lipinski definition) is 5. The zero-order valence-corrected chi connectivity index (χ0v) is 16.7. The fourth-order valence-electron chi connectivity index (χ4n) is 2.50. The van der Waals surface area contributed by atoms with E-state index in [0.717, 1.165) is 10.4 Å². The average Bonchev–Trinajstić information content (AvgIpc) is 3.31. The third kappa shape index (κ3) is 6.24. The minimum Gasteiger partial charge on any atom is -0.367 e. The molecule has 1 amide bonds. The minimum absolute atomic E-state index is 0.0198. The van der Waals surface area contributed by atoms with Gasteiger partial charge < -0.3 is 10.1 Å². The Balaban J connectivity index is 1.51. The van der Waals surface area contributed by atoms with Crippen molar-refractivity contribution in [1.29, 1.82) is 0 Å². The first-order chi connectivity index (χ1) is 13.8. The Bertz CT molecular complexity index is 996. The number of hydrogen-bond donors (Lipinski definition) is 2. The summed E-state index contributed by atoms with van der Waals surface area (Å²) in [4.78, 5) is 13.2. The first kappa shape index (κ1) is 21.2. The molecule has 6 nitrogen and oxygen atoms in total. The van der Waals surface area contributed by atoms with Crippen LogP contribution < -0.4 is 5.32 Å². The van der Waals surface area contributed by atoms with Gasteiger partial charge in [0.1, 0.15) is 13.2 Å². The van der Waals surface area contributed by atoms with Gasteiger partial charge in [-0.05, 0) is 34.8 Å². The summed E-state index contributed by atoms with van der Waals surface area (Å²) in [6.07, 6.45) is -4.34. The molecule has 0 atom stereocenters. The van der Waals surface area contributed by atoms with E-state index in [9.17, 15) is 18.0 Å². The standard InChI is InChI=1S/C18H17F3N4O2S2/c19-18(20,21)11-27-10-13-5-3-12(4-6-13)8-22-15(26)9-25-16(23-24-17(25)28)14-2-1-7-29-14/h1-7H,8-11H2,(H,22,26)(H,24,28). The van der Waals surface area contributed by atoms with Crippen LogP contribution in [0.15, 0.2) is 41.8 Å². The number of ether oxygens (including phenoxy) is 1. The number of alkyl halides is 3. The van der Waals surface area contributed by atoms with Crippen LogP contribution in [0.4, 0.5) is 13.2 Å². The fourth-order valence-corrected chi connectivity index (χ4v) is 3.42. The summed E-state index contributed by atoms with van der Waals surface area (Å²) in [7, 11) is 0. The van der Waals surface area contributed by atoms with Crippen LogP contribution in [0.3, 0.4) is 0 Å². The first-order valence-electron chi connectivity index (χ1n) is 8.50. The van der Waals surface area contributed by atoms with E-state index in [2.05, 4.69) is 20.3 Å². The van der Waals surface area contributed by atoms with Crippen LogP contribution in [0.25, 0.3) is 10.7 Å². The van der Waals surface area contributed by atoms with Crippen LogP contribution in [0, 0.1) is 4.77 Å². The summed E-state index contributed by atoms with van der Waals surface area (Å²) < 4.78 is 42.8. The molecular weight excluding hydrogens is 425 g/mol. The number of rotatable bonds is 8. The van der Waals surface area contributed by atoms with Crippen molar-refractivity contribution in [2.75, 3.05) is 6.61 Å². The van der Waals surface area contributed by atoms with Gasteiger partial charge in [-0.2, -0.15) is 18.3 Å². The molecule has 3 aromatic rings. The number of aromatic nitrogens is 3. The summed E-state index contributed by atoms with van der Waals surface area (Å²) >= 11 is 6.70. The lowest BCUT2D eigenvalue weighted by atomic mass is 10.1. The number of carbonyl (C=O) groups excluding carboxylic acids is 1. The lowest BCUT2D eigenvalue weighted by Gasteiger charge is -2.09. The molecule has 0 aliphatic heterocycles. The molecule has 0 spiro atoms. The predicted molar refractivity (Wildman–Crippen MR) is 105 cm³/mol. The number of halogens is 3. The summed E-state index contributed by atoms with van der Waals surface area (Å²) in [6.45, 7) is -1.11. The van der Waals surface area contributed by atoms with E-state index in [4.69, 9.17) is 12.2 Å². The Hall–Kier alpha value is -2.50. The van der Waals surface area contributed by atoms with E-state index < -0.39 is 12.8 Å². The molecule has 0 unspecified atom stereocenters. The van der Waals surface area contributed by atoms with Gasteiger partial charge in [0.05, 0.1) is 11.5 Å². The second-order valence-electron chi connectivity index (χ2n) is 6.12. The second-order valence-corrected chi connectivity index (χ2v) is 7.45. The normalized spacial score (nSPS) is 11.6. The quantitative estimate of drug-likeness (QED) is 0.516. The molecule has 0 aliphatic rings. The van der Waals surface area contributed by atoms with Gasteiger partial charge in [0.2, 0.25) is 5.91 Å².